The zero-order valence-electron chi connectivity index (χ0n) is 18.9. The fourth-order valence-electron chi connectivity index (χ4n) is 4.94. The van der Waals surface area contributed by atoms with Gasteiger partial charge < -0.3 is 15.1 Å². The van der Waals surface area contributed by atoms with Crippen molar-refractivity contribution in [3.05, 3.63) is 40.8 Å². The number of rotatable bonds is 6. The molecule has 4 rings (SSSR count). The second-order valence-electron chi connectivity index (χ2n) is 9.33. The molecule has 1 aliphatic heterocycles. The van der Waals surface area contributed by atoms with Gasteiger partial charge in [0.1, 0.15) is 12.1 Å². The van der Waals surface area contributed by atoms with Crippen LogP contribution in [0.5, 0.6) is 0 Å². The number of allylic oxidation sites excluding steroid dienone is 4. The maximum absolute atomic E-state index is 13.5. The SMILES string of the molecule is CC(C)NC[C@@H](C(=O)N1CCN(c2ncnc3c2[C@H](C)CC3)CC1)C1C=CC(Cl)=CC1. The Morgan fingerprint density at radius 2 is 2.03 bits per heavy atom. The summed E-state index contributed by atoms with van der Waals surface area (Å²) in [5.41, 5.74) is 2.52. The average Bonchev–Trinajstić information content (AvgIpc) is 3.16. The number of nitrogens with zero attached hydrogens (tertiary/aromatic N) is 4. The Labute approximate surface area is 190 Å². The van der Waals surface area contributed by atoms with Gasteiger partial charge in [0.05, 0.1) is 5.92 Å². The summed E-state index contributed by atoms with van der Waals surface area (Å²) in [6, 6.07) is 0.348. The molecule has 0 radical (unpaired) electrons. The maximum Gasteiger partial charge on any atom is 0.227 e. The number of carbonyl (C=O) groups excluding carboxylic acids is 1. The van der Waals surface area contributed by atoms with Crippen molar-refractivity contribution < 1.29 is 4.79 Å². The minimum atomic E-state index is -0.0745. The molecule has 3 atom stereocenters. The first-order chi connectivity index (χ1) is 14.9. The van der Waals surface area contributed by atoms with Crippen LogP contribution < -0.4 is 10.2 Å². The van der Waals surface area contributed by atoms with E-state index in [4.69, 9.17) is 11.6 Å². The molecule has 31 heavy (non-hydrogen) atoms. The summed E-state index contributed by atoms with van der Waals surface area (Å²) >= 11 is 6.11. The molecule has 7 heteroatoms. The zero-order valence-corrected chi connectivity index (χ0v) is 19.6. The fraction of sp³-hybridized carbons (Fsp3) is 0.625. The number of halogens is 1. The van der Waals surface area contributed by atoms with Crippen molar-refractivity contribution in [2.45, 2.75) is 52.0 Å². The van der Waals surface area contributed by atoms with E-state index in [9.17, 15) is 4.79 Å². The molecule has 6 nitrogen and oxygen atoms in total. The van der Waals surface area contributed by atoms with Crippen molar-refractivity contribution in [1.82, 2.24) is 20.2 Å². The monoisotopic (exact) mass is 443 g/mol. The van der Waals surface area contributed by atoms with E-state index in [1.165, 1.54) is 11.3 Å². The predicted molar refractivity (Wildman–Crippen MR) is 125 cm³/mol. The van der Waals surface area contributed by atoms with Crippen molar-refractivity contribution >= 4 is 23.3 Å². The Morgan fingerprint density at radius 1 is 1.26 bits per heavy atom. The topological polar surface area (TPSA) is 61.4 Å². The lowest BCUT2D eigenvalue weighted by Gasteiger charge is -2.39. The first-order valence-electron chi connectivity index (χ1n) is 11.6. The van der Waals surface area contributed by atoms with Crippen LogP contribution in [0.4, 0.5) is 5.82 Å². The van der Waals surface area contributed by atoms with Gasteiger partial charge in [-0.1, -0.05) is 44.5 Å². The normalized spacial score (nSPS) is 24.4. The summed E-state index contributed by atoms with van der Waals surface area (Å²) in [4.78, 5) is 27.0. The number of nitrogens with one attached hydrogen (secondary N) is 1. The fourth-order valence-corrected chi connectivity index (χ4v) is 5.10. The van der Waals surface area contributed by atoms with Gasteiger partial charge in [-0.2, -0.15) is 0 Å². The van der Waals surface area contributed by atoms with E-state index < -0.39 is 0 Å². The maximum atomic E-state index is 13.5. The van der Waals surface area contributed by atoms with Crippen LogP contribution in [0.3, 0.4) is 0 Å². The van der Waals surface area contributed by atoms with Crippen LogP contribution in [0.25, 0.3) is 0 Å². The Hall–Kier alpha value is -1.92. The molecular weight excluding hydrogens is 410 g/mol. The van der Waals surface area contributed by atoms with Gasteiger partial charge in [-0.15, -0.1) is 0 Å². The number of piperazine rings is 1. The van der Waals surface area contributed by atoms with Crippen molar-refractivity contribution in [3.63, 3.8) is 0 Å². The molecule has 1 fully saturated rings. The molecule has 0 spiro atoms. The zero-order chi connectivity index (χ0) is 22.0. The Balaban J connectivity index is 1.43. The summed E-state index contributed by atoms with van der Waals surface area (Å²) in [5.74, 6) is 1.94. The van der Waals surface area contributed by atoms with E-state index in [-0.39, 0.29) is 17.7 Å². The minimum absolute atomic E-state index is 0.0745. The molecule has 0 bridgehead atoms. The lowest BCUT2D eigenvalue weighted by atomic mass is 9.85. The smallest absolute Gasteiger partial charge is 0.227 e. The summed E-state index contributed by atoms with van der Waals surface area (Å²) in [5, 5.41) is 4.24. The molecule has 1 aromatic rings. The third kappa shape index (κ3) is 4.96. The van der Waals surface area contributed by atoms with Gasteiger partial charge in [-0.05, 0) is 37.2 Å². The Morgan fingerprint density at radius 3 is 2.71 bits per heavy atom. The number of carbonyl (C=O) groups is 1. The standard InChI is InChI=1S/C24H34ClN5O/c1-16(2)26-14-20(18-5-7-19(25)8-6-18)24(31)30-12-10-29(11-13-30)23-22-17(3)4-9-21(22)27-15-28-23/h5,7-8,15-18,20,26H,4,6,9-14H2,1-3H3/t17-,18?,20-/m1/s1. The molecule has 1 saturated heterocycles. The van der Waals surface area contributed by atoms with Crippen LogP contribution >= 0.6 is 11.6 Å². The number of anilines is 1. The molecule has 1 aromatic heterocycles. The van der Waals surface area contributed by atoms with Crippen LogP contribution in [0, 0.1) is 11.8 Å². The van der Waals surface area contributed by atoms with E-state index in [2.05, 4.69) is 47.0 Å². The molecular formula is C24H34ClN5O. The number of hydrogen-bond acceptors (Lipinski definition) is 5. The Kier molecular flexibility index (Phi) is 6.97. The molecule has 1 amide bonds. The molecule has 168 valence electrons. The number of aryl methyl sites for hydroxylation is 1. The lowest BCUT2D eigenvalue weighted by Crippen LogP contribution is -2.53. The summed E-state index contributed by atoms with van der Waals surface area (Å²) in [6.45, 7) is 10.3. The van der Waals surface area contributed by atoms with Gasteiger partial charge in [0.15, 0.2) is 0 Å². The van der Waals surface area contributed by atoms with Gasteiger partial charge in [0, 0.05) is 55.1 Å². The van der Waals surface area contributed by atoms with Crippen molar-refractivity contribution in [2.75, 3.05) is 37.6 Å². The minimum Gasteiger partial charge on any atom is -0.353 e. The van der Waals surface area contributed by atoms with Crippen LogP contribution in [-0.4, -0.2) is 59.5 Å². The summed E-state index contributed by atoms with van der Waals surface area (Å²) in [6.07, 6.45) is 10.8. The lowest BCUT2D eigenvalue weighted by molar-refractivity contribution is -0.137. The van der Waals surface area contributed by atoms with Gasteiger partial charge in [0.25, 0.3) is 0 Å². The van der Waals surface area contributed by atoms with Crippen LogP contribution in [-0.2, 0) is 11.2 Å². The highest BCUT2D eigenvalue weighted by molar-refractivity contribution is 6.31. The Bertz CT molecular complexity index is 860. The first-order valence-corrected chi connectivity index (χ1v) is 12.0. The highest BCUT2D eigenvalue weighted by atomic mass is 35.5. The van der Waals surface area contributed by atoms with Crippen molar-refractivity contribution in [2.24, 2.45) is 11.8 Å². The van der Waals surface area contributed by atoms with E-state index in [1.54, 1.807) is 6.33 Å². The highest BCUT2D eigenvalue weighted by Gasteiger charge is 2.34. The van der Waals surface area contributed by atoms with E-state index in [0.717, 1.165) is 56.3 Å². The molecule has 2 heterocycles. The van der Waals surface area contributed by atoms with Crippen LogP contribution in [0.2, 0.25) is 0 Å². The molecule has 1 unspecified atom stereocenters. The van der Waals surface area contributed by atoms with Crippen molar-refractivity contribution in [1.29, 1.82) is 0 Å². The third-order valence-electron chi connectivity index (χ3n) is 6.81. The van der Waals surface area contributed by atoms with E-state index in [0.29, 0.717) is 18.5 Å². The molecule has 1 N–H and O–H groups in total. The predicted octanol–water partition coefficient (Wildman–Crippen LogP) is 3.49. The van der Waals surface area contributed by atoms with Gasteiger partial charge in [-0.3, -0.25) is 4.79 Å². The largest absolute Gasteiger partial charge is 0.353 e. The number of aromatic nitrogens is 2. The number of fused-ring (bicyclic) bond motifs is 1. The second kappa shape index (κ2) is 9.70. The quantitative estimate of drug-likeness (QED) is 0.729. The van der Waals surface area contributed by atoms with Crippen LogP contribution in [0.1, 0.15) is 50.8 Å². The number of hydrogen-bond donors (Lipinski definition) is 1. The summed E-state index contributed by atoms with van der Waals surface area (Å²) < 4.78 is 0. The van der Waals surface area contributed by atoms with E-state index >= 15 is 0 Å². The highest BCUT2D eigenvalue weighted by Crippen LogP contribution is 2.37. The molecule has 0 saturated carbocycles. The van der Waals surface area contributed by atoms with Gasteiger partial charge in [0.2, 0.25) is 5.91 Å². The molecule has 2 aliphatic carbocycles. The molecule has 3 aliphatic rings. The molecule has 0 aromatic carbocycles. The second-order valence-corrected chi connectivity index (χ2v) is 9.76. The number of amides is 1. The van der Waals surface area contributed by atoms with E-state index in [1.807, 2.05) is 17.1 Å². The first kappa shape index (κ1) is 22.3. The third-order valence-corrected chi connectivity index (χ3v) is 7.09. The van der Waals surface area contributed by atoms with Crippen LogP contribution in [0.15, 0.2) is 29.6 Å². The van der Waals surface area contributed by atoms with Gasteiger partial charge >= 0.3 is 0 Å². The summed E-state index contributed by atoms with van der Waals surface area (Å²) in [7, 11) is 0. The average molecular weight is 444 g/mol. The van der Waals surface area contributed by atoms with Gasteiger partial charge in [-0.25, -0.2) is 9.97 Å². The van der Waals surface area contributed by atoms with Crippen molar-refractivity contribution in [3.8, 4) is 0 Å².